The van der Waals surface area contributed by atoms with Gasteiger partial charge in [0, 0.05) is 32.9 Å². The Morgan fingerprint density at radius 3 is 1.20 bits per heavy atom. The van der Waals surface area contributed by atoms with Gasteiger partial charge in [-0.1, -0.05) is 177 Å². The van der Waals surface area contributed by atoms with Gasteiger partial charge >= 0.3 is 0 Å². The lowest BCUT2D eigenvalue weighted by Gasteiger charge is -2.29. The second kappa shape index (κ2) is 14.9. The Hall–Kier alpha value is -6.90. The summed E-state index contributed by atoms with van der Waals surface area (Å²) in [6.45, 7) is 4.42. The molecule has 9 aromatic carbocycles. The summed E-state index contributed by atoms with van der Waals surface area (Å²) in [4.78, 5) is 4.84. The first-order chi connectivity index (χ1) is 27.2. The van der Waals surface area contributed by atoms with Gasteiger partial charge in [0.15, 0.2) is 0 Å². The van der Waals surface area contributed by atoms with E-state index < -0.39 is 0 Å². The lowest BCUT2D eigenvalue weighted by molar-refractivity contribution is 0.963. The van der Waals surface area contributed by atoms with Crippen LogP contribution in [0.2, 0.25) is 0 Å². The largest absolute Gasteiger partial charge is 0.310 e. The van der Waals surface area contributed by atoms with Crippen molar-refractivity contribution in [2.24, 2.45) is 0 Å². The van der Waals surface area contributed by atoms with E-state index in [9.17, 15) is 0 Å². The number of fused-ring (bicyclic) bond motifs is 4. The molecule has 9 aromatic rings. The number of allylic oxidation sites excluding steroid dienone is 3. The average molecular weight is 707 g/mol. The van der Waals surface area contributed by atoms with Crippen LogP contribution in [0.1, 0.15) is 25.3 Å². The van der Waals surface area contributed by atoms with Gasteiger partial charge in [-0.05, 0) is 82.4 Å². The first-order valence-electron chi connectivity index (χ1n) is 19.1. The molecule has 0 aliphatic rings. The summed E-state index contributed by atoms with van der Waals surface area (Å²) in [5.74, 6) is 0.175. The van der Waals surface area contributed by atoms with Crippen LogP contribution in [0, 0.1) is 0 Å². The van der Waals surface area contributed by atoms with Gasteiger partial charge < -0.3 is 9.80 Å². The SMILES string of the molecule is CC=C(C=CC(C)c1ccc(N(c2cccc3ccccc23)c2cccc3ccccc23)cc1)N(c1cccc2ccccc12)c1cccc2ccccc12. The van der Waals surface area contributed by atoms with E-state index in [-0.39, 0.29) is 5.92 Å². The van der Waals surface area contributed by atoms with Gasteiger partial charge in [0.2, 0.25) is 0 Å². The number of anilines is 5. The molecular weight excluding hydrogens is 665 g/mol. The lowest BCUT2D eigenvalue weighted by Crippen LogP contribution is -2.16. The van der Waals surface area contributed by atoms with Crippen LogP contribution in [0.4, 0.5) is 28.4 Å². The number of benzene rings is 9. The van der Waals surface area contributed by atoms with Gasteiger partial charge in [0.05, 0.1) is 22.7 Å². The lowest BCUT2D eigenvalue weighted by atomic mass is 9.98. The summed E-state index contributed by atoms with van der Waals surface area (Å²) < 4.78 is 0. The molecule has 0 aliphatic carbocycles. The first kappa shape index (κ1) is 33.9. The Kier molecular flexibility index (Phi) is 9.15. The van der Waals surface area contributed by atoms with Crippen LogP contribution in [0.3, 0.4) is 0 Å². The van der Waals surface area contributed by atoms with E-state index in [2.05, 4.69) is 236 Å². The highest BCUT2D eigenvalue weighted by atomic mass is 15.2. The third-order valence-corrected chi connectivity index (χ3v) is 10.8. The van der Waals surface area contributed by atoms with Crippen LogP contribution in [0.5, 0.6) is 0 Å². The van der Waals surface area contributed by atoms with Crippen LogP contribution in [0.15, 0.2) is 218 Å². The van der Waals surface area contributed by atoms with E-state index in [1.165, 1.54) is 48.7 Å². The zero-order valence-corrected chi connectivity index (χ0v) is 31.2. The number of hydrogen-bond donors (Lipinski definition) is 0. The summed E-state index contributed by atoms with van der Waals surface area (Å²) in [5, 5.41) is 9.77. The molecule has 264 valence electrons. The maximum atomic E-state index is 2.42. The van der Waals surface area contributed by atoms with Crippen molar-refractivity contribution in [2.45, 2.75) is 19.8 Å². The topological polar surface area (TPSA) is 6.48 Å². The molecule has 0 heterocycles. The molecule has 2 nitrogen and oxygen atoms in total. The van der Waals surface area contributed by atoms with E-state index in [0.29, 0.717) is 0 Å². The third-order valence-electron chi connectivity index (χ3n) is 10.8. The van der Waals surface area contributed by atoms with Gasteiger partial charge in [0.25, 0.3) is 0 Å². The maximum absolute atomic E-state index is 2.42. The zero-order valence-electron chi connectivity index (χ0n) is 31.2. The summed E-state index contributed by atoms with van der Waals surface area (Å²) in [7, 11) is 0. The molecular formula is C53H42N2. The Bertz CT molecular complexity index is 2680. The predicted octanol–water partition coefficient (Wildman–Crippen LogP) is 15.2. The molecule has 0 saturated carbocycles. The Balaban J connectivity index is 1.10. The van der Waals surface area contributed by atoms with Crippen molar-refractivity contribution in [3.63, 3.8) is 0 Å². The van der Waals surface area contributed by atoms with Crippen molar-refractivity contribution in [3.8, 4) is 0 Å². The Morgan fingerprint density at radius 1 is 0.418 bits per heavy atom. The highest BCUT2D eigenvalue weighted by Gasteiger charge is 2.20. The van der Waals surface area contributed by atoms with Gasteiger partial charge in [-0.15, -0.1) is 0 Å². The highest BCUT2D eigenvalue weighted by molar-refractivity contribution is 6.05. The third kappa shape index (κ3) is 6.43. The van der Waals surface area contributed by atoms with Crippen LogP contribution >= 0.6 is 0 Å². The maximum Gasteiger partial charge on any atom is 0.0540 e. The van der Waals surface area contributed by atoms with Gasteiger partial charge in [-0.3, -0.25) is 0 Å². The zero-order chi connectivity index (χ0) is 37.1. The summed E-state index contributed by atoms with van der Waals surface area (Å²) in [6.07, 6.45) is 6.85. The van der Waals surface area contributed by atoms with Crippen molar-refractivity contribution in [2.75, 3.05) is 9.80 Å². The fraction of sp³-hybridized carbons (Fsp3) is 0.0566. The van der Waals surface area contributed by atoms with Gasteiger partial charge in [-0.2, -0.15) is 0 Å². The van der Waals surface area contributed by atoms with E-state index in [1.54, 1.807) is 0 Å². The molecule has 0 spiro atoms. The van der Waals surface area contributed by atoms with Gasteiger partial charge in [0.1, 0.15) is 0 Å². The molecule has 1 atom stereocenters. The minimum atomic E-state index is 0.175. The quantitative estimate of drug-likeness (QED) is 0.138. The number of nitrogens with zero attached hydrogens (tertiary/aromatic N) is 2. The molecule has 1 unspecified atom stereocenters. The summed E-state index contributed by atoms with van der Waals surface area (Å²) in [5.41, 5.74) is 8.14. The predicted molar refractivity (Wildman–Crippen MR) is 237 cm³/mol. The van der Waals surface area contributed by atoms with Crippen molar-refractivity contribution >= 4 is 71.5 Å². The van der Waals surface area contributed by atoms with Crippen LogP contribution in [-0.4, -0.2) is 0 Å². The minimum Gasteiger partial charge on any atom is -0.310 e. The highest BCUT2D eigenvalue weighted by Crippen LogP contribution is 2.43. The van der Waals surface area contributed by atoms with Crippen molar-refractivity contribution in [3.05, 3.63) is 224 Å². The number of rotatable bonds is 9. The van der Waals surface area contributed by atoms with E-state index in [1.807, 2.05) is 0 Å². The molecule has 55 heavy (non-hydrogen) atoms. The fourth-order valence-corrected chi connectivity index (χ4v) is 8.01. The first-order valence-corrected chi connectivity index (χ1v) is 19.1. The van der Waals surface area contributed by atoms with E-state index in [0.717, 1.165) is 34.1 Å². The minimum absolute atomic E-state index is 0.175. The van der Waals surface area contributed by atoms with Crippen molar-refractivity contribution < 1.29 is 0 Å². The van der Waals surface area contributed by atoms with Crippen LogP contribution in [-0.2, 0) is 0 Å². The molecule has 0 N–H and O–H groups in total. The molecule has 2 heteroatoms. The number of hydrogen-bond acceptors (Lipinski definition) is 2. The molecule has 0 bridgehead atoms. The second-order valence-electron chi connectivity index (χ2n) is 14.1. The van der Waals surface area contributed by atoms with Gasteiger partial charge in [-0.25, -0.2) is 0 Å². The smallest absolute Gasteiger partial charge is 0.0540 e. The Morgan fingerprint density at radius 2 is 0.782 bits per heavy atom. The van der Waals surface area contributed by atoms with Crippen molar-refractivity contribution in [1.29, 1.82) is 0 Å². The normalized spacial score (nSPS) is 12.5. The molecule has 0 fully saturated rings. The molecule has 0 aliphatic heterocycles. The molecule has 0 saturated heterocycles. The van der Waals surface area contributed by atoms with E-state index in [4.69, 9.17) is 0 Å². The van der Waals surface area contributed by atoms with Crippen molar-refractivity contribution in [1.82, 2.24) is 0 Å². The molecule has 9 rings (SSSR count). The molecule has 0 radical (unpaired) electrons. The monoisotopic (exact) mass is 706 g/mol. The van der Waals surface area contributed by atoms with Crippen LogP contribution < -0.4 is 9.80 Å². The standard InChI is InChI=1S/C53H42N2/c1-3-44(54(50-28-12-20-40-16-4-8-24-46(40)50)51-29-13-21-41-17-5-9-25-47(41)51)35-32-38(2)39-33-36-45(37-34-39)55(52-30-14-22-42-18-6-10-26-48(42)52)53-31-15-23-43-19-7-11-27-49(43)53/h3-38H,1-2H3. The summed E-state index contributed by atoms with van der Waals surface area (Å²) >= 11 is 0. The second-order valence-corrected chi connectivity index (χ2v) is 14.1. The average Bonchev–Trinajstić information content (AvgIpc) is 3.25. The Labute approximate surface area is 323 Å². The molecule has 0 aromatic heterocycles. The molecule has 0 amide bonds. The summed E-state index contributed by atoms with van der Waals surface area (Å²) in [6, 6.07) is 70.1. The van der Waals surface area contributed by atoms with Crippen LogP contribution in [0.25, 0.3) is 43.1 Å². The van der Waals surface area contributed by atoms with E-state index >= 15 is 0 Å². The fourth-order valence-electron chi connectivity index (χ4n) is 8.01.